The van der Waals surface area contributed by atoms with E-state index in [0.29, 0.717) is 12.1 Å². The van der Waals surface area contributed by atoms with Crippen LogP contribution in [0.3, 0.4) is 0 Å². The molecule has 0 amide bonds. The van der Waals surface area contributed by atoms with E-state index in [0.717, 1.165) is 19.0 Å². The fourth-order valence-corrected chi connectivity index (χ4v) is 2.79. The van der Waals surface area contributed by atoms with Gasteiger partial charge in [-0.05, 0) is 36.8 Å². The van der Waals surface area contributed by atoms with Crippen LogP contribution in [-0.4, -0.2) is 35.2 Å². The van der Waals surface area contributed by atoms with Crippen molar-refractivity contribution in [2.75, 3.05) is 13.1 Å². The summed E-state index contributed by atoms with van der Waals surface area (Å²) in [5.41, 5.74) is 0.827. The number of hydrogen-bond acceptors (Lipinski definition) is 3. The average Bonchev–Trinajstić information content (AvgIpc) is 2.79. The van der Waals surface area contributed by atoms with Gasteiger partial charge in [-0.2, -0.15) is 0 Å². The smallest absolute Gasteiger partial charge is 0.423 e. The Kier molecular flexibility index (Phi) is 4.96. The molecule has 0 saturated carbocycles. The summed E-state index contributed by atoms with van der Waals surface area (Å²) in [5.74, 6) is 0.385. The van der Waals surface area contributed by atoms with Crippen LogP contribution in [0, 0.1) is 11.7 Å². The molecule has 2 rings (SSSR count). The average molecular weight is 265 g/mol. The number of halogens is 1. The molecule has 5 heteroatoms. The van der Waals surface area contributed by atoms with Crippen molar-refractivity contribution in [2.45, 2.75) is 32.7 Å². The van der Waals surface area contributed by atoms with Crippen LogP contribution in [0.1, 0.15) is 31.7 Å². The van der Waals surface area contributed by atoms with Gasteiger partial charge in [0.05, 0.1) is 0 Å². The monoisotopic (exact) mass is 265 g/mol. The van der Waals surface area contributed by atoms with Gasteiger partial charge in [-0.25, -0.2) is 4.39 Å². The van der Waals surface area contributed by atoms with E-state index in [1.807, 2.05) is 0 Å². The third-order valence-corrected chi connectivity index (χ3v) is 3.84. The second-order valence-electron chi connectivity index (χ2n) is 5.40. The lowest BCUT2D eigenvalue weighted by molar-refractivity contribution is 0.308. The first-order valence-electron chi connectivity index (χ1n) is 6.97. The zero-order chi connectivity index (χ0) is 13.8. The predicted molar refractivity (Wildman–Crippen MR) is 74.5 cm³/mol. The third-order valence-electron chi connectivity index (χ3n) is 3.84. The topological polar surface area (TPSA) is 43.7 Å². The highest BCUT2D eigenvalue weighted by Crippen LogP contribution is 2.22. The Morgan fingerprint density at radius 1 is 1.42 bits per heavy atom. The van der Waals surface area contributed by atoms with E-state index >= 15 is 0 Å². The normalized spacial score (nSPS) is 19.9. The number of nitrogens with zero attached hydrogens (tertiary/aromatic N) is 1. The second kappa shape index (κ2) is 6.50. The van der Waals surface area contributed by atoms with Crippen LogP contribution < -0.4 is 5.46 Å². The zero-order valence-electron chi connectivity index (χ0n) is 11.3. The molecule has 104 valence electrons. The Labute approximate surface area is 114 Å². The number of likely N-dealkylation sites (tertiary alicyclic amines) is 1. The van der Waals surface area contributed by atoms with Crippen molar-refractivity contribution in [3.63, 3.8) is 0 Å². The van der Waals surface area contributed by atoms with Gasteiger partial charge in [0.2, 0.25) is 0 Å². The standard InChI is InChI=1S/C14H21BFNO2/c1-2-3-11-6-7-17(9-11)10-12-4-5-13(15(18)19)8-14(12)16/h4-5,8,11,18-19H,2-3,6-7,9-10H2,1H3. The summed E-state index contributed by atoms with van der Waals surface area (Å²) < 4.78 is 13.9. The summed E-state index contributed by atoms with van der Waals surface area (Å²) in [6.07, 6.45) is 3.65. The van der Waals surface area contributed by atoms with Gasteiger partial charge in [-0.1, -0.05) is 25.5 Å². The molecule has 1 saturated heterocycles. The zero-order valence-corrected chi connectivity index (χ0v) is 11.3. The Morgan fingerprint density at radius 3 is 2.84 bits per heavy atom. The van der Waals surface area contributed by atoms with E-state index in [1.54, 1.807) is 12.1 Å². The van der Waals surface area contributed by atoms with Crippen molar-refractivity contribution in [1.29, 1.82) is 0 Å². The highest BCUT2D eigenvalue weighted by molar-refractivity contribution is 6.58. The molecule has 19 heavy (non-hydrogen) atoms. The quantitative estimate of drug-likeness (QED) is 0.784. The fraction of sp³-hybridized carbons (Fsp3) is 0.571. The van der Waals surface area contributed by atoms with E-state index in [9.17, 15) is 4.39 Å². The van der Waals surface area contributed by atoms with Crippen molar-refractivity contribution in [3.8, 4) is 0 Å². The lowest BCUT2D eigenvalue weighted by Gasteiger charge is -2.16. The van der Waals surface area contributed by atoms with Gasteiger partial charge in [0.1, 0.15) is 5.82 Å². The van der Waals surface area contributed by atoms with E-state index in [1.165, 1.54) is 25.3 Å². The van der Waals surface area contributed by atoms with Gasteiger partial charge in [0.15, 0.2) is 0 Å². The molecule has 1 aliphatic heterocycles. The van der Waals surface area contributed by atoms with Gasteiger partial charge in [-0.15, -0.1) is 0 Å². The molecule has 1 aliphatic rings. The first-order valence-corrected chi connectivity index (χ1v) is 6.97. The minimum Gasteiger partial charge on any atom is -0.423 e. The summed E-state index contributed by atoms with van der Waals surface area (Å²) in [6.45, 7) is 4.86. The minimum atomic E-state index is -1.61. The Bertz CT molecular complexity index is 428. The predicted octanol–water partition coefficient (Wildman–Crippen LogP) is 1.13. The van der Waals surface area contributed by atoms with Gasteiger partial charge >= 0.3 is 7.12 Å². The molecule has 0 radical (unpaired) electrons. The van der Waals surface area contributed by atoms with Crippen LogP contribution in [-0.2, 0) is 6.54 Å². The fourth-order valence-electron chi connectivity index (χ4n) is 2.79. The SMILES string of the molecule is CCCC1CCN(Cc2ccc(B(O)O)cc2F)C1. The molecule has 1 fully saturated rings. The molecule has 0 aromatic heterocycles. The summed E-state index contributed by atoms with van der Waals surface area (Å²) >= 11 is 0. The van der Waals surface area contributed by atoms with Gasteiger partial charge < -0.3 is 10.0 Å². The molecule has 3 nitrogen and oxygen atoms in total. The Morgan fingerprint density at radius 2 is 2.21 bits per heavy atom. The van der Waals surface area contributed by atoms with Gasteiger partial charge in [0.25, 0.3) is 0 Å². The Balaban J connectivity index is 1.96. The van der Waals surface area contributed by atoms with E-state index in [4.69, 9.17) is 10.0 Å². The first kappa shape index (κ1) is 14.5. The van der Waals surface area contributed by atoms with Crippen LogP contribution >= 0.6 is 0 Å². The first-order chi connectivity index (χ1) is 9.10. The minimum absolute atomic E-state index is 0.200. The summed E-state index contributed by atoms with van der Waals surface area (Å²) in [5, 5.41) is 18.0. The molecule has 2 N–H and O–H groups in total. The lowest BCUT2D eigenvalue weighted by atomic mass is 9.80. The molecule has 1 unspecified atom stereocenters. The molecular weight excluding hydrogens is 244 g/mol. The van der Waals surface area contributed by atoms with Gasteiger partial charge in [0, 0.05) is 18.7 Å². The largest absolute Gasteiger partial charge is 0.488 e. The lowest BCUT2D eigenvalue weighted by Crippen LogP contribution is -2.30. The molecular formula is C14H21BFNO2. The Hall–Kier alpha value is -0.905. The van der Waals surface area contributed by atoms with E-state index in [2.05, 4.69) is 11.8 Å². The van der Waals surface area contributed by atoms with Crippen molar-refractivity contribution in [1.82, 2.24) is 4.90 Å². The van der Waals surface area contributed by atoms with E-state index < -0.39 is 7.12 Å². The number of benzene rings is 1. The molecule has 0 spiro atoms. The molecule has 1 aromatic carbocycles. The molecule has 1 heterocycles. The maximum absolute atomic E-state index is 13.9. The van der Waals surface area contributed by atoms with Crippen molar-refractivity contribution in [3.05, 3.63) is 29.6 Å². The van der Waals surface area contributed by atoms with Crippen molar-refractivity contribution >= 4 is 12.6 Å². The van der Waals surface area contributed by atoms with E-state index in [-0.39, 0.29) is 11.3 Å². The highest BCUT2D eigenvalue weighted by atomic mass is 19.1. The third kappa shape index (κ3) is 3.78. The van der Waals surface area contributed by atoms with Crippen molar-refractivity contribution in [2.24, 2.45) is 5.92 Å². The molecule has 1 atom stereocenters. The van der Waals surface area contributed by atoms with Gasteiger partial charge in [-0.3, -0.25) is 4.90 Å². The summed E-state index contributed by atoms with van der Waals surface area (Å²) in [4.78, 5) is 2.27. The van der Waals surface area contributed by atoms with Crippen molar-refractivity contribution < 1.29 is 14.4 Å². The maximum atomic E-state index is 13.9. The van der Waals surface area contributed by atoms with Crippen LogP contribution in [0.2, 0.25) is 0 Å². The number of rotatable bonds is 5. The summed E-state index contributed by atoms with van der Waals surface area (Å²) in [6, 6.07) is 4.43. The second-order valence-corrected chi connectivity index (χ2v) is 5.40. The van der Waals surface area contributed by atoms with Crippen LogP contribution in [0.5, 0.6) is 0 Å². The number of hydrogen-bond donors (Lipinski definition) is 2. The summed E-state index contributed by atoms with van der Waals surface area (Å²) in [7, 11) is -1.61. The maximum Gasteiger partial charge on any atom is 0.488 e. The molecule has 0 aliphatic carbocycles. The molecule has 0 bridgehead atoms. The van der Waals surface area contributed by atoms with Crippen LogP contribution in [0.15, 0.2) is 18.2 Å². The highest BCUT2D eigenvalue weighted by Gasteiger charge is 2.22. The van der Waals surface area contributed by atoms with Crippen LogP contribution in [0.4, 0.5) is 4.39 Å². The molecule has 1 aromatic rings. The van der Waals surface area contributed by atoms with Crippen LogP contribution in [0.25, 0.3) is 0 Å².